The average molecular weight is 252 g/mol. The Morgan fingerprint density at radius 3 is 2.65 bits per heavy atom. The number of nitrogens with two attached hydrogens (primary N) is 1. The minimum Gasteiger partial charge on any atom is -0.344 e. The number of hydrogen-bond acceptors (Lipinski definition) is 3. The van der Waals surface area contributed by atoms with Crippen LogP contribution in [0.1, 0.15) is 5.56 Å². The van der Waals surface area contributed by atoms with Crippen LogP contribution in [0.4, 0.5) is 0 Å². The summed E-state index contributed by atoms with van der Waals surface area (Å²) in [6.07, 6.45) is 0. The van der Waals surface area contributed by atoms with E-state index in [0.29, 0.717) is 10.7 Å². The van der Waals surface area contributed by atoms with Gasteiger partial charge in [0.2, 0.25) is 0 Å². The lowest BCUT2D eigenvalue weighted by Gasteiger charge is -2.26. The van der Waals surface area contributed by atoms with Gasteiger partial charge in [-0.15, -0.1) is 4.40 Å². The van der Waals surface area contributed by atoms with Gasteiger partial charge in [-0.3, -0.25) is 0 Å². The van der Waals surface area contributed by atoms with E-state index in [0.717, 1.165) is 31.7 Å². The molecule has 1 fully saturated rings. The van der Waals surface area contributed by atoms with Gasteiger partial charge in [0.25, 0.3) is 10.0 Å². The largest absolute Gasteiger partial charge is 0.344 e. The summed E-state index contributed by atoms with van der Waals surface area (Å²) in [5.41, 5.74) is 0.745. The summed E-state index contributed by atoms with van der Waals surface area (Å²) in [5.74, 6) is 0.619. The van der Waals surface area contributed by atoms with Gasteiger partial charge < -0.3 is 10.2 Å². The molecular formula is C11H14N3O2S+. The zero-order chi connectivity index (χ0) is 11.9. The first-order valence-corrected chi connectivity index (χ1v) is 7.13. The molecule has 0 aromatic heterocycles. The van der Waals surface area contributed by atoms with Gasteiger partial charge in [0.1, 0.15) is 4.90 Å². The Labute approximate surface area is 100 Å². The van der Waals surface area contributed by atoms with Crippen LogP contribution < -0.4 is 5.32 Å². The standard InChI is InChI=1S/C11H13N3O2S/c15-17(16)10-4-2-1-3-9(10)11(13-17)14-7-5-12-6-8-14/h1-4,12H,5-8H2/p+1. The fourth-order valence-corrected chi connectivity index (χ4v) is 3.51. The van der Waals surface area contributed by atoms with Crippen LogP contribution in [0.25, 0.3) is 0 Å². The fourth-order valence-electron chi connectivity index (χ4n) is 2.28. The molecular weight excluding hydrogens is 238 g/mol. The summed E-state index contributed by atoms with van der Waals surface area (Å²) in [5, 5.41) is 2.23. The molecule has 17 heavy (non-hydrogen) atoms. The van der Waals surface area contributed by atoms with Gasteiger partial charge in [0, 0.05) is 5.56 Å². The van der Waals surface area contributed by atoms with E-state index in [1.807, 2.05) is 12.1 Å². The molecule has 0 aliphatic carbocycles. The normalized spacial score (nSPS) is 22.1. The first kappa shape index (κ1) is 10.7. The molecule has 2 N–H and O–H groups in total. The summed E-state index contributed by atoms with van der Waals surface area (Å²) in [4.78, 5) is 2.40. The van der Waals surface area contributed by atoms with Gasteiger partial charge in [-0.25, -0.2) is 0 Å². The lowest BCUT2D eigenvalue weighted by atomic mass is 10.2. The van der Waals surface area contributed by atoms with Crippen molar-refractivity contribution in [1.29, 1.82) is 0 Å². The van der Waals surface area contributed by atoms with Crippen molar-refractivity contribution in [3.8, 4) is 0 Å². The van der Waals surface area contributed by atoms with Crippen LogP contribution in [0.5, 0.6) is 0 Å². The van der Waals surface area contributed by atoms with Gasteiger partial charge >= 0.3 is 0 Å². The molecule has 1 saturated heterocycles. The van der Waals surface area contributed by atoms with E-state index in [2.05, 4.69) is 14.6 Å². The number of piperazine rings is 1. The summed E-state index contributed by atoms with van der Waals surface area (Å²) in [7, 11) is -3.47. The Balaban J connectivity index is 2.07. The van der Waals surface area contributed by atoms with Crippen LogP contribution in [-0.4, -0.2) is 45.3 Å². The van der Waals surface area contributed by atoms with Crippen LogP contribution in [-0.2, 0) is 10.0 Å². The summed E-state index contributed by atoms with van der Waals surface area (Å²) >= 11 is 0. The molecule has 2 aliphatic heterocycles. The molecule has 2 heterocycles. The highest BCUT2D eigenvalue weighted by molar-refractivity contribution is 7.90. The molecule has 5 nitrogen and oxygen atoms in total. The van der Waals surface area contributed by atoms with Crippen LogP contribution in [0.2, 0.25) is 0 Å². The van der Waals surface area contributed by atoms with Gasteiger partial charge in [-0.2, -0.15) is 8.42 Å². The zero-order valence-corrected chi connectivity index (χ0v) is 10.2. The van der Waals surface area contributed by atoms with Crippen LogP contribution in [0, 0.1) is 0 Å². The van der Waals surface area contributed by atoms with E-state index < -0.39 is 10.0 Å². The van der Waals surface area contributed by atoms with Crippen molar-refractivity contribution < 1.29 is 13.7 Å². The van der Waals surface area contributed by atoms with Crippen molar-refractivity contribution in [3.05, 3.63) is 29.8 Å². The molecule has 0 atom stereocenters. The van der Waals surface area contributed by atoms with Gasteiger partial charge in [-0.05, 0) is 12.1 Å². The molecule has 0 radical (unpaired) electrons. The predicted octanol–water partition coefficient (Wildman–Crippen LogP) is -0.985. The van der Waals surface area contributed by atoms with Gasteiger partial charge in [0.15, 0.2) is 5.84 Å². The first-order chi connectivity index (χ1) is 8.18. The third-order valence-electron chi connectivity index (χ3n) is 3.12. The molecule has 2 aliphatic rings. The summed E-state index contributed by atoms with van der Waals surface area (Å²) < 4.78 is 27.7. The lowest BCUT2D eigenvalue weighted by Crippen LogP contribution is -2.89. The highest BCUT2D eigenvalue weighted by atomic mass is 32.2. The molecule has 0 saturated carbocycles. The minimum absolute atomic E-state index is 0.338. The lowest BCUT2D eigenvalue weighted by molar-refractivity contribution is -0.661. The van der Waals surface area contributed by atoms with Gasteiger partial charge in [-0.1, -0.05) is 12.1 Å². The highest BCUT2D eigenvalue weighted by Gasteiger charge is 2.32. The monoisotopic (exact) mass is 252 g/mol. The molecule has 0 unspecified atom stereocenters. The predicted molar refractivity (Wildman–Crippen MR) is 63.4 cm³/mol. The maximum Gasteiger partial charge on any atom is 0.285 e. The van der Waals surface area contributed by atoms with Crippen molar-refractivity contribution in [2.45, 2.75) is 4.90 Å². The fraction of sp³-hybridized carbons (Fsp3) is 0.364. The second kappa shape index (κ2) is 3.82. The molecule has 6 heteroatoms. The van der Waals surface area contributed by atoms with Crippen molar-refractivity contribution in [2.75, 3.05) is 26.2 Å². The first-order valence-electron chi connectivity index (χ1n) is 5.69. The van der Waals surface area contributed by atoms with E-state index in [4.69, 9.17) is 0 Å². The maximum atomic E-state index is 11.9. The number of hydrogen-bond donors (Lipinski definition) is 1. The Bertz CT molecular complexity index is 574. The molecule has 3 rings (SSSR count). The van der Waals surface area contributed by atoms with Crippen molar-refractivity contribution >= 4 is 15.9 Å². The second-order valence-electron chi connectivity index (χ2n) is 4.24. The zero-order valence-electron chi connectivity index (χ0n) is 9.33. The highest BCUT2D eigenvalue weighted by Crippen LogP contribution is 2.27. The van der Waals surface area contributed by atoms with E-state index in [-0.39, 0.29) is 0 Å². The topological polar surface area (TPSA) is 66.3 Å². The maximum absolute atomic E-state index is 11.9. The number of sulfonamides is 1. The number of nitrogens with zero attached hydrogens (tertiary/aromatic N) is 2. The SMILES string of the molecule is O=S1(=O)N=C(N2CC[NH2+]CC2)c2ccccc21. The van der Waals surface area contributed by atoms with Crippen LogP contribution in [0.3, 0.4) is 0 Å². The minimum atomic E-state index is -3.47. The smallest absolute Gasteiger partial charge is 0.285 e. The number of quaternary nitrogens is 1. The second-order valence-corrected chi connectivity index (χ2v) is 5.81. The number of benzene rings is 1. The molecule has 90 valence electrons. The van der Waals surface area contributed by atoms with Gasteiger partial charge in [0.05, 0.1) is 26.2 Å². The van der Waals surface area contributed by atoms with Crippen molar-refractivity contribution in [1.82, 2.24) is 4.90 Å². The third kappa shape index (κ3) is 1.73. The quantitative estimate of drug-likeness (QED) is 0.645. The molecule has 0 spiro atoms. The van der Waals surface area contributed by atoms with E-state index in [1.165, 1.54) is 0 Å². The van der Waals surface area contributed by atoms with E-state index in [9.17, 15) is 8.42 Å². The third-order valence-corrected chi connectivity index (χ3v) is 4.44. The Morgan fingerprint density at radius 1 is 1.18 bits per heavy atom. The number of fused-ring (bicyclic) bond motifs is 1. The molecule has 0 amide bonds. The van der Waals surface area contributed by atoms with Crippen molar-refractivity contribution in [2.24, 2.45) is 4.40 Å². The Kier molecular flexibility index (Phi) is 2.41. The summed E-state index contributed by atoms with van der Waals surface area (Å²) in [6.45, 7) is 3.67. The van der Waals surface area contributed by atoms with Crippen LogP contribution >= 0.6 is 0 Å². The van der Waals surface area contributed by atoms with E-state index >= 15 is 0 Å². The van der Waals surface area contributed by atoms with Crippen LogP contribution in [0.15, 0.2) is 33.6 Å². The Hall–Kier alpha value is -1.40. The molecule has 0 bridgehead atoms. The number of rotatable bonds is 0. The molecule has 1 aromatic rings. The molecule has 1 aromatic carbocycles. The number of amidine groups is 1. The van der Waals surface area contributed by atoms with E-state index in [1.54, 1.807) is 12.1 Å². The summed E-state index contributed by atoms with van der Waals surface area (Å²) in [6, 6.07) is 7.04. The Morgan fingerprint density at radius 2 is 1.88 bits per heavy atom. The average Bonchev–Trinajstić information content (AvgIpc) is 2.64. The van der Waals surface area contributed by atoms with Crippen molar-refractivity contribution in [3.63, 3.8) is 0 Å².